The van der Waals surface area contributed by atoms with Crippen molar-refractivity contribution in [3.05, 3.63) is 84.8 Å². The molecule has 0 bridgehead atoms. The molecule has 10 nitrogen and oxygen atoms in total. The number of hydrogen-bond donors (Lipinski definition) is 0. The maximum absolute atomic E-state index is 13.7. The van der Waals surface area contributed by atoms with Gasteiger partial charge in [-0.3, -0.25) is 33.9 Å². The van der Waals surface area contributed by atoms with Crippen LogP contribution in [-0.2, 0) is 25.7 Å². The van der Waals surface area contributed by atoms with E-state index in [1.54, 1.807) is 6.92 Å². The first kappa shape index (κ1) is 23.9. The van der Waals surface area contributed by atoms with Crippen molar-refractivity contribution in [2.45, 2.75) is 29.7 Å². The van der Waals surface area contributed by atoms with Crippen molar-refractivity contribution in [1.29, 1.82) is 0 Å². The number of thioether (sulfide) groups is 1. The number of ether oxygens (including phenoxy) is 1. The topological polar surface area (TPSA) is 129 Å². The Morgan fingerprint density at radius 3 is 2.39 bits per heavy atom. The largest absolute Gasteiger partial charge is 0.465 e. The predicted molar refractivity (Wildman–Crippen MR) is 132 cm³/mol. The van der Waals surface area contributed by atoms with Crippen LogP contribution >= 0.6 is 23.1 Å². The number of hydrogen-bond acceptors (Lipinski definition) is 9. The highest BCUT2D eigenvalue weighted by atomic mass is 32.2. The summed E-state index contributed by atoms with van der Waals surface area (Å²) in [6, 6.07) is 14.4. The number of non-ortho nitro benzene ring substituents is 1. The number of thiazole rings is 1. The summed E-state index contributed by atoms with van der Waals surface area (Å²) in [4.78, 5) is 64.2. The minimum atomic E-state index is -0.840. The van der Waals surface area contributed by atoms with Gasteiger partial charge < -0.3 is 4.74 Å². The normalized spacial score (nSPS) is 20.7. The molecule has 0 radical (unpaired) electrons. The number of carbonyl (C=O) groups excluding carboxylic acids is 3. The molecule has 0 N–H and O–H groups in total. The van der Waals surface area contributed by atoms with Crippen LogP contribution in [0.3, 0.4) is 0 Å². The number of carbonyl (C=O) groups is 3. The molecule has 1 saturated heterocycles. The quantitative estimate of drug-likeness (QED) is 0.208. The van der Waals surface area contributed by atoms with Crippen molar-refractivity contribution in [2.75, 3.05) is 11.5 Å². The van der Waals surface area contributed by atoms with Gasteiger partial charge in [-0.1, -0.05) is 53.4 Å². The number of esters is 1. The van der Waals surface area contributed by atoms with Gasteiger partial charge in [0.15, 0.2) is 0 Å². The number of rotatable bonds is 6. The molecule has 3 atom stereocenters. The van der Waals surface area contributed by atoms with Gasteiger partial charge in [0.2, 0.25) is 11.8 Å². The van der Waals surface area contributed by atoms with Crippen LogP contribution in [0.5, 0.6) is 0 Å². The summed E-state index contributed by atoms with van der Waals surface area (Å²) in [7, 11) is 0. The van der Waals surface area contributed by atoms with Crippen LogP contribution in [0, 0.1) is 16.0 Å². The fourth-order valence-corrected chi connectivity index (χ4v) is 7.36. The average Bonchev–Trinajstić information content (AvgIpc) is 3.31. The molecular weight excluding hydrogens is 506 g/mol. The molecule has 36 heavy (non-hydrogen) atoms. The number of amides is 2. The van der Waals surface area contributed by atoms with Crippen molar-refractivity contribution in [1.82, 2.24) is 4.57 Å². The van der Waals surface area contributed by atoms with E-state index in [1.165, 1.54) is 28.8 Å². The Morgan fingerprint density at radius 2 is 1.75 bits per heavy atom. The molecule has 0 aliphatic carbocycles. The second-order valence-electron chi connectivity index (χ2n) is 8.17. The lowest BCUT2D eigenvalue weighted by Crippen LogP contribution is -2.32. The molecule has 2 aliphatic rings. The van der Waals surface area contributed by atoms with Crippen LogP contribution in [0.2, 0.25) is 0 Å². The Labute approximate surface area is 212 Å². The second-order valence-corrected chi connectivity index (χ2v) is 10.3. The highest BCUT2D eigenvalue weighted by Gasteiger charge is 2.56. The van der Waals surface area contributed by atoms with Crippen LogP contribution in [0.25, 0.3) is 0 Å². The molecule has 0 spiro atoms. The molecule has 0 saturated carbocycles. The highest BCUT2D eigenvalue weighted by Crippen LogP contribution is 2.53. The van der Waals surface area contributed by atoms with Crippen molar-refractivity contribution in [2.24, 2.45) is 5.92 Å². The van der Waals surface area contributed by atoms with Gasteiger partial charge in [0.25, 0.3) is 5.69 Å². The average molecular weight is 526 g/mol. The molecule has 12 heteroatoms. The van der Waals surface area contributed by atoms with Gasteiger partial charge in [-0.05, 0) is 24.6 Å². The van der Waals surface area contributed by atoms with Crippen molar-refractivity contribution < 1.29 is 24.0 Å². The SMILES string of the molecule is CCOC(=O)Cn1c2c(sc1=O)C(c1ccccc1)C1C(=O)N(c3ccc([N+](=O)[O-])cc3)C(=O)C1S2. The zero-order valence-corrected chi connectivity index (χ0v) is 20.5. The highest BCUT2D eigenvalue weighted by molar-refractivity contribution is 8.00. The Balaban J connectivity index is 1.60. The van der Waals surface area contributed by atoms with E-state index in [-0.39, 0.29) is 29.4 Å². The Morgan fingerprint density at radius 1 is 1.06 bits per heavy atom. The van der Waals surface area contributed by atoms with E-state index in [2.05, 4.69) is 0 Å². The van der Waals surface area contributed by atoms with Crippen molar-refractivity contribution in [3.63, 3.8) is 0 Å². The van der Waals surface area contributed by atoms with E-state index in [0.29, 0.717) is 9.90 Å². The summed E-state index contributed by atoms with van der Waals surface area (Å²) in [6.45, 7) is 1.55. The molecule has 184 valence electrons. The van der Waals surface area contributed by atoms with Crippen LogP contribution in [0.4, 0.5) is 11.4 Å². The van der Waals surface area contributed by atoms with Crippen LogP contribution in [0.15, 0.2) is 64.4 Å². The third kappa shape index (κ3) is 3.91. The summed E-state index contributed by atoms with van der Waals surface area (Å²) in [6.07, 6.45) is 0. The number of anilines is 1. The number of nitro benzene ring substituents is 1. The lowest BCUT2D eigenvalue weighted by Gasteiger charge is -2.30. The van der Waals surface area contributed by atoms with E-state index in [0.717, 1.165) is 33.6 Å². The number of imide groups is 1. The molecule has 1 aromatic heterocycles. The molecule has 2 amide bonds. The fourth-order valence-electron chi connectivity index (χ4n) is 4.59. The molecule has 3 unspecified atom stereocenters. The minimum absolute atomic E-state index is 0.156. The Hall–Kier alpha value is -3.77. The maximum Gasteiger partial charge on any atom is 0.326 e. The molecule has 2 aromatic carbocycles. The molecule has 3 heterocycles. The number of nitro groups is 1. The summed E-state index contributed by atoms with van der Waals surface area (Å²) in [5.41, 5.74) is 0.854. The minimum Gasteiger partial charge on any atom is -0.465 e. The molecule has 3 aromatic rings. The van der Waals surface area contributed by atoms with E-state index >= 15 is 0 Å². The van der Waals surface area contributed by atoms with Gasteiger partial charge in [-0.15, -0.1) is 0 Å². The van der Waals surface area contributed by atoms with Crippen LogP contribution in [0.1, 0.15) is 23.3 Å². The van der Waals surface area contributed by atoms with E-state index in [1.807, 2.05) is 30.3 Å². The fraction of sp³-hybridized carbons (Fsp3) is 0.250. The van der Waals surface area contributed by atoms with Gasteiger partial charge in [0.05, 0.1) is 28.2 Å². The summed E-state index contributed by atoms with van der Waals surface area (Å²) in [5.74, 6) is -2.85. The first-order valence-corrected chi connectivity index (χ1v) is 12.7. The van der Waals surface area contributed by atoms with Gasteiger partial charge >= 0.3 is 10.8 Å². The lowest BCUT2D eigenvalue weighted by molar-refractivity contribution is -0.384. The smallest absolute Gasteiger partial charge is 0.326 e. The summed E-state index contributed by atoms with van der Waals surface area (Å²) >= 11 is 2.05. The maximum atomic E-state index is 13.7. The Kier molecular flexibility index (Phi) is 6.22. The van der Waals surface area contributed by atoms with Gasteiger partial charge in [-0.2, -0.15) is 0 Å². The number of fused-ring (bicyclic) bond motifs is 2. The molecule has 1 fully saturated rings. The zero-order chi connectivity index (χ0) is 25.6. The monoisotopic (exact) mass is 525 g/mol. The summed E-state index contributed by atoms with van der Waals surface area (Å²) < 4.78 is 6.33. The Bertz CT molecular complexity index is 1430. The van der Waals surface area contributed by atoms with Gasteiger partial charge in [0, 0.05) is 22.9 Å². The van der Waals surface area contributed by atoms with Crippen molar-refractivity contribution >= 4 is 52.3 Å². The lowest BCUT2D eigenvalue weighted by atomic mass is 9.83. The molecule has 5 rings (SSSR count). The first-order valence-electron chi connectivity index (χ1n) is 11.0. The first-order chi connectivity index (χ1) is 17.3. The molecular formula is C24H19N3O7S2. The third-order valence-corrected chi connectivity index (χ3v) is 8.72. The van der Waals surface area contributed by atoms with Gasteiger partial charge in [0.1, 0.15) is 11.8 Å². The third-order valence-electron chi connectivity index (χ3n) is 6.12. The second kappa shape index (κ2) is 9.36. The standard InChI is InChI=1S/C24H19N3O7S2/c1-2-34-16(28)12-25-23-20(36-24(25)31)17(13-6-4-3-5-7-13)18-19(35-23)22(30)26(21(18)29)14-8-10-15(11-9-14)27(32)33/h3-11,17-19H,2,12H2,1H3. The number of benzene rings is 2. The van der Waals surface area contributed by atoms with Crippen LogP contribution in [-0.4, -0.2) is 39.1 Å². The van der Waals surface area contributed by atoms with Gasteiger partial charge in [-0.25, -0.2) is 4.90 Å². The predicted octanol–water partition coefficient (Wildman–Crippen LogP) is 3.18. The van der Waals surface area contributed by atoms with E-state index in [4.69, 9.17) is 4.74 Å². The zero-order valence-electron chi connectivity index (χ0n) is 18.9. The number of nitrogens with zero attached hydrogens (tertiary/aromatic N) is 3. The van der Waals surface area contributed by atoms with E-state index in [9.17, 15) is 29.3 Å². The van der Waals surface area contributed by atoms with E-state index < -0.39 is 39.8 Å². The van der Waals surface area contributed by atoms with Crippen molar-refractivity contribution in [3.8, 4) is 0 Å². The summed E-state index contributed by atoms with van der Waals surface area (Å²) in [5, 5.41) is 10.7. The van der Waals surface area contributed by atoms with Crippen LogP contribution < -0.4 is 9.77 Å². The number of aromatic nitrogens is 1. The molecule has 2 aliphatic heterocycles.